The van der Waals surface area contributed by atoms with E-state index in [9.17, 15) is 19.6 Å². The minimum atomic E-state index is -0.687. The largest absolute Gasteiger partial charge is 0.502 e. The van der Waals surface area contributed by atoms with Gasteiger partial charge in [-0.15, -0.1) is 0 Å². The summed E-state index contributed by atoms with van der Waals surface area (Å²) < 4.78 is 13.4. The Morgan fingerprint density at radius 1 is 1.50 bits per heavy atom. The van der Waals surface area contributed by atoms with Crippen LogP contribution >= 0.6 is 0 Å². The third-order valence-electron chi connectivity index (χ3n) is 3.66. The summed E-state index contributed by atoms with van der Waals surface area (Å²) in [6.07, 6.45) is 0. The van der Waals surface area contributed by atoms with Crippen molar-refractivity contribution in [1.82, 2.24) is 10.2 Å². The molecule has 1 aromatic rings. The van der Waals surface area contributed by atoms with Crippen LogP contribution in [-0.4, -0.2) is 47.8 Å². The van der Waals surface area contributed by atoms with Crippen LogP contribution in [0.2, 0.25) is 0 Å². The van der Waals surface area contributed by atoms with Gasteiger partial charge in [-0.05, 0) is 6.92 Å². The lowest BCUT2D eigenvalue weighted by Crippen LogP contribution is -2.45. The zero-order valence-corrected chi connectivity index (χ0v) is 11.3. The maximum absolute atomic E-state index is 13.4. The Hall–Kier alpha value is -1.73. The summed E-state index contributed by atoms with van der Waals surface area (Å²) in [6.45, 7) is 3.65. The number of nitrogens with one attached hydrogen (secondary N) is 1. The van der Waals surface area contributed by atoms with Crippen LogP contribution in [0.4, 0.5) is 10.1 Å². The number of hydrogen-bond donors (Lipinski definition) is 2. The third kappa shape index (κ3) is 2.73. The molecule has 1 saturated heterocycles. The maximum Gasteiger partial charge on any atom is 0.313 e. The maximum atomic E-state index is 13.4. The minimum Gasteiger partial charge on any atom is -0.502 e. The number of alkyl halides is 1. The number of nitro benzene ring substituents is 1. The summed E-state index contributed by atoms with van der Waals surface area (Å²) >= 11 is 0. The van der Waals surface area contributed by atoms with E-state index >= 15 is 0 Å². The average molecular weight is 283 g/mol. The van der Waals surface area contributed by atoms with E-state index < -0.39 is 23.4 Å². The number of phenols is 1. The lowest BCUT2D eigenvalue weighted by molar-refractivity contribution is -0.386. The predicted octanol–water partition coefficient (Wildman–Crippen LogP) is 1.52. The molecule has 0 bridgehead atoms. The fourth-order valence-electron chi connectivity index (χ4n) is 2.57. The van der Waals surface area contributed by atoms with E-state index in [-0.39, 0.29) is 11.3 Å². The van der Waals surface area contributed by atoms with Crippen molar-refractivity contribution in [2.75, 3.05) is 32.9 Å². The van der Waals surface area contributed by atoms with Crippen molar-refractivity contribution < 1.29 is 14.4 Å². The van der Waals surface area contributed by atoms with E-state index in [1.54, 1.807) is 19.1 Å². The number of hydrogen-bond acceptors (Lipinski definition) is 5. The van der Waals surface area contributed by atoms with Gasteiger partial charge in [0.25, 0.3) is 0 Å². The van der Waals surface area contributed by atoms with Gasteiger partial charge in [-0.2, -0.15) is 0 Å². The summed E-state index contributed by atoms with van der Waals surface area (Å²) in [5, 5.41) is 24.3. The quantitative estimate of drug-likeness (QED) is 0.647. The standard InChI is InChI=1S/C13H18FN3O3/c1-9-2-3-10(13(18)12(9)17(19)20)11(8-14)16-6-4-15-5-7-16/h2-3,11,15,18H,4-8H2,1H3/t11-/m0/s1. The second kappa shape index (κ2) is 6.15. The van der Waals surface area contributed by atoms with Crippen molar-refractivity contribution in [3.63, 3.8) is 0 Å². The van der Waals surface area contributed by atoms with Crippen LogP contribution in [0.15, 0.2) is 12.1 Å². The van der Waals surface area contributed by atoms with Gasteiger partial charge in [0, 0.05) is 37.3 Å². The Kier molecular flexibility index (Phi) is 4.51. The first kappa shape index (κ1) is 14.7. The van der Waals surface area contributed by atoms with Gasteiger partial charge in [-0.3, -0.25) is 15.0 Å². The number of piperazine rings is 1. The number of rotatable bonds is 4. The molecule has 7 heteroatoms. The highest BCUT2D eigenvalue weighted by atomic mass is 19.1. The molecule has 0 radical (unpaired) electrons. The molecule has 1 aliphatic rings. The molecule has 0 saturated carbocycles. The molecule has 2 rings (SSSR count). The van der Waals surface area contributed by atoms with Crippen LogP contribution in [0.3, 0.4) is 0 Å². The van der Waals surface area contributed by atoms with E-state index in [0.29, 0.717) is 18.7 Å². The Morgan fingerprint density at radius 3 is 2.70 bits per heavy atom. The van der Waals surface area contributed by atoms with Gasteiger partial charge in [-0.25, -0.2) is 4.39 Å². The van der Waals surface area contributed by atoms with Crippen molar-refractivity contribution in [3.05, 3.63) is 33.4 Å². The summed E-state index contributed by atoms with van der Waals surface area (Å²) in [5.41, 5.74) is 0.317. The fraction of sp³-hybridized carbons (Fsp3) is 0.538. The number of halogens is 1. The van der Waals surface area contributed by atoms with Crippen LogP contribution in [0.5, 0.6) is 5.75 Å². The van der Waals surface area contributed by atoms with Gasteiger partial charge in [0.15, 0.2) is 5.75 Å². The Labute approximate surface area is 116 Å². The SMILES string of the molecule is Cc1ccc([C@H](CF)N2CCNCC2)c(O)c1[N+](=O)[O-]. The Bertz CT molecular complexity index is 504. The number of nitrogens with zero attached hydrogens (tertiary/aromatic N) is 2. The van der Waals surface area contributed by atoms with Gasteiger partial charge in [0.2, 0.25) is 0 Å². The molecule has 1 fully saturated rings. The van der Waals surface area contributed by atoms with Gasteiger partial charge < -0.3 is 10.4 Å². The van der Waals surface area contributed by atoms with Gasteiger partial charge in [0.05, 0.1) is 11.0 Å². The Morgan fingerprint density at radius 2 is 2.15 bits per heavy atom. The summed E-state index contributed by atoms with van der Waals surface area (Å²) in [7, 11) is 0. The number of aromatic hydroxyl groups is 1. The van der Waals surface area contributed by atoms with Crippen molar-refractivity contribution in [2.24, 2.45) is 0 Å². The number of benzene rings is 1. The molecule has 2 N–H and O–H groups in total. The molecule has 0 unspecified atom stereocenters. The number of aryl methyl sites for hydroxylation is 1. The number of nitro groups is 1. The summed E-state index contributed by atoms with van der Waals surface area (Å²) in [6, 6.07) is 2.48. The van der Waals surface area contributed by atoms with E-state index in [4.69, 9.17) is 0 Å². The molecule has 110 valence electrons. The van der Waals surface area contributed by atoms with Gasteiger partial charge >= 0.3 is 5.69 Å². The average Bonchev–Trinajstić information content (AvgIpc) is 2.43. The molecule has 1 heterocycles. The molecule has 0 aliphatic carbocycles. The topological polar surface area (TPSA) is 78.6 Å². The second-order valence-corrected chi connectivity index (χ2v) is 4.88. The molecule has 1 aromatic carbocycles. The van der Waals surface area contributed by atoms with Crippen LogP contribution in [-0.2, 0) is 0 Å². The van der Waals surface area contributed by atoms with E-state index in [2.05, 4.69) is 5.32 Å². The van der Waals surface area contributed by atoms with E-state index in [1.807, 2.05) is 4.90 Å². The van der Waals surface area contributed by atoms with Crippen molar-refractivity contribution in [2.45, 2.75) is 13.0 Å². The van der Waals surface area contributed by atoms with E-state index in [1.165, 1.54) is 0 Å². The molecule has 20 heavy (non-hydrogen) atoms. The Balaban J connectivity index is 2.39. The highest BCUT2D eigenvalue weighted by molar-refractivity contribution is 5.56. The van der Waals surface area contributed by atoms with Gasteiger partial charge in [-0.1, -0.05) is 12.1 Å². The smallest absolute Gasteiger partial charge is 0.313 e. The highest BCUT2D eigenvalue weighted by Crippen LogP contribution is 2.38. The van der Waals surface area contributed by atoms with Crippen molar-refractivity contribution >= 4 is 5.69 Å². The third-order valence-corrected chi connectivity index (χ3v) is 3.66. The van der Waals surface area contributed by atoms with Crippen LogP contribution in [0.25, 0.3) is 0 Å². The predicted molar refractivity (Wildman–Crippen MR) is 72.7 cm³/mol. The normalized spacial score (nSPS) is 17.9. The highest BCUT2D eigenvalue weighted by Gasteiger charge is 2.29. The first-order valence-electron chi connectivity index (χ1n) is 6.53. The zero-order chi connectivity index (χ0) is 14.7. The lowest BCUT2D eigenvalue weighted by atomic mass is 10.0. The number of phenolic OH excluding ortho intramolecular Hbond substituents is 1. The first-order valence-corrected chi connectivity index (χ1v) is 6.53. The molecule has 6 nitrogen and oxygen atoms in total. The lowest BCUT2D eigenvalue weighted by Gasteiger charge is -2.33. The van der Waals surface area contributed by atoms with E-state index in [0.717, 1.165) is 13.1 Å². The van der Waals surface area contributed by atoms with Crippen molar-refractivity contribution in [1.29, 1.82) is 0 Å². The zero-order valence-electron chi connectivity index (χ0n) is 11.3. The molecule has 0 aromatic heterocycles. The van der Waals surface area contributed by atoms with Crippen molar-refractivity contribution in [3.8, 4) is 5.75 Å². The summed E-state index contributed by atoms with van der Waals surface area (Å²) in [4.78, 5) is 12.3. The monoisotopic (exact) mass is 283 g/mol. The minimum absolute atomic E-state index is 0.284. The fourth-order valence-corrected chi connectivity index (χ4v) is 2.57. The van der Waals surface area contributed by atoms with Crippen LogP contribution < -0.4 is 5.32 Å². The molecule has 0 amide bonds. The first-order chi connectivity index (χ1) is 9.56. The summed E-state index contributed by atoms with van der Waals surface area (Å²) in [5.74, 6) is -0.420. The second-order valence-electron chi connectivity index (χ2n) is 4.88. The molecule has 1 aliphatic heterocycles. The molecule has 1 atom stereocenters. The molecular weight excluding hydrogens is 265 g/mol. The molecular formula is C13H18FN3O3. The van der Waals surface area contributed by atoms with Crippen LogP contribution in [0, 0.1) is 17.0 Å². The molecule has 0 spiro atoms. The van der Waals surface area contributed by atoms with Crippen LogP contribution in [0.1, 0.15) is 17.2 Å². The van der Waals surface area contributed by atoms with Gasteiger partial charge in [0.1, 0.15) is 6.67 Å².